The molecule has 0 spiro atoms. The van der Waals surface area contributed by atoms with Crippen LogP contribution >= 0.6 is 0 Å². The minimum atomic E-state index is 0.101. The Hall–Kier alpha value is -1.40. The van der Waals surface area contributed by atoms with Crippen molar-refractivity contribution in [3.63, 3.8) is 0 Å². The van der Waals surface area contributed by atoms with E-state index < -0.39 is 0 Å². The highest BCUT2D eigenvalue weighted by atomic mass is 16.5. The molecule has 118 valence electrons. The molecule has 0 radical (unpaired) electrons. The van der Waals surface area contributed by atoms with Crippen LogP contribution < -0.4 is 14.8 Å². The number of hydrogen-bond acceptors (Lipinski definition) is 6. The number of nitrogens with one attached hydrogen (secondary N) is 1. The van der Waals surface area contributed by atoms with Crippen LogP contribution in [0.4, 0.5) is 0 Å². The summed E-state index contributed by atoms with van der Waals surface area (Å²) in [5.74, 6) is 0.972. The maximum absolute atomic E-state index is 5.79. The van der Waals surface area contributed by atoms with E-state index in [0.717, 1.165) is 31.6 Å². The van der Waals surface area contributed by atoms with Crippen molar-refractivity contribution < 1.29 is 14.2 Å². The zero-order valence-corrected chi connectivity index (χ0v) is 13.1. The molecule has 0 amide bonds. The highest BCUT2D eigenvalue weighted by molar-refractivity contribution is 5.25. The number of aromatic nitrogens is 2. The molecule has 21 heavy (non-hydrogen) atoms. The Labute approximate surface area is 126 Å². The van der Waals surface area contributed by atoms with Gasteiger partial charge in [0.15, 0.2) is 0 Å². The predicted octanol–water partition coefficient (Wildman–Crippen LogP) is 2.10. The summed E-state index contributed by atoms with van der Waals surface area (Å²) >= 11 is 0. The van der Waals surface area contributed by atoms with Gasteiger partial charge in [-0.2, -0.15) is 4.98 Å². The fraction of sp³-hybridized carbons (Fsp3) is 0.733. The Morgan fingerprint density at radius 3 is 2.86 bits per heavy atom. The molecule has 1 aliphatic rings. The van der Waals surface area contributed by atoms with Gasteiger partial charge in [0.1, 0.15) is 5.69 Å². The van der Waals surface area contributed by atoms with Gasteiger partial charge in [-0.15, -0.1) is 0 Å². The third-order valence-corrected chi connectivity index (χ3v) is 3.88. The molecule has 6 nitrogen and oxygen atoms in total. The first-order chi connectivity index (χ1) is 10.3. The Kier molecular flexibility index (Phi) is 6.20. The van der Waals surface area contributed by atoms with Gasteiger partial charge in [0.25, 0.3) is 0 Å². The highest BCUT2D eigenvalue weighted by Gasteiger charge is 2.21. The molecular weight excluding hydrogens is 270 g/mol. The van der Waals surface area contributed by atoms with E-state index in [0.29, 0.717) is 17.9 Å². The Morgan fingerprint density at radius 2 is 2.24 bits per heavy atom. The number of hydrogen-bond donors (Lipinski definition) is 1. The first kappa shape index (κ1) is 16.0. The fourth-order valence-corrected chi connectivity index (χ4v) is 2.66. The zero-order chi connectivity index (χ0) is 15.1. The molecule has 1 aromatic heterocycles. The normalized spacial score (nSPS) is 20.0. The SMILES string of the molecule is CNC(CCC1CCCCO1)c1ncc(OC)nc1OC. The molecule has 2 heterocycles. The number of methoxy groups -OCH3 is 2. The summed E-state index contributed by atoms with van der Waals surface area (Å²) in [5, 5.41) is 3.29. The zero-order valence-electron chi connectivity index (χ0n) is 13.1. The van der Waals surface area contributed by atoms with Crippen molar-refractivity contribution in [2.75, 3.05) is 27.9 Å². The molecule has 1 fully saturated rings. The largest absolute Gasteiger partial charge is 0.480 e. The summed E-state index contributed by atoms with van der Waals surface area (Å²) < 4.78 is 16.2. The van der Waals surface area contributed by atoms with Gasteiger partial charge in [0, 0.05) is 6.61 Å². The van der Waals surface area contributed by atoms with Gasteiger partial charge in [-0.05, 0) is 39.2 Å². The van der Waals surface area contributed by atoms with Gasteiger partial charge in [-0.1, -0.05) is 0 Å². The quantitative estimate of drug-likeness (QED) is 0.831. The van der Waals surface area contributed by atoms with Crippen LogP contribution in [0.3, 0.4) is 0 Å². The van der Waals surface area contributed by atoms with E-state index in [-0.39, 0.29) is 6.04 Å². The van der Waals surface area contributed by atoms with E-state index in [1.165, 1.54) is 12.8 Å². The number of nitrogens with zero attached hydrogens (tertiary/aromatic N) is 2. The van der Waals surface area contributed by atoms with Gasteiger partial charge >= 0.3 is 0 Å². The van der Waals surface area contributed by atoms with Crippen LogP contribution in [0, 0.1) is 0 Å². The summed E-state index contributed by atoms with van der Waals surface area (Å²) in [5.41, 5.74) is 0.816. The van der Waals surface area contributed by atoms with Crippen molar-refractivity contribution in [3.05, 3.63) is 11.9 Å². The van der Waals surface area contributed by atoms with Crippen LogP contribution in [0.2, 0.25) is 0 Å². The topological polar surface area (TPSA) is 65.5 Å². The lowest BCUT2D eigenvalue weighted by Crippen LogP contribution is -2.24. The van der Waals surface area contributed by atoms with E-state index in [2.05, 4.69) is 15.3 Å². The molecule has 0 aliphatic carbocycles. The van der Waals surface area contributed by atoms with Gasteiger partial charge in [0.2, 0.25) is 11.8 Å². The molecule has 1 aliphatic heterocycles. The van der Waals surface area contributed by atoms with Crippen LogP contribution in [0.25, 0.3) is 0 Å². The van der Waals surface area contributed by atoms with E-state index >= 15 is 0 Å². The second-order valence-electron chi connectivity index (χ2n) is 5.21. The van der Waals surface area contributed by atoms with Gasteiger partial charge in [0.05, 0.1) is 32.6 Å². The van der Waals surface area contributed by atoms with Crippen LogP contribution in [0.1, 0.15) is 43.8 Å². The van der Waals surface area contributed by atoms with Crippen molar-refractivity contribution in [1.29, 1.82) is 0 Å². The Morgan fingerprint density at radius 1 is 1.38 bits per heavy atom. The van der Waals surface area contributed by atoms with Crippen molar-refractivity contribution in [2.24, 2.45) is 0 Å². The molecule has 0 saturated carbocycles. The van der Waals surface area contributed by atoms with Crippen molar-refractivity contribution in [2.45, 2.75) is 44.2 Å². The maximum Gasteiger partial charge on any atom is 0.240 e. The van der Waals surface area contributed by atoms with Crippen molar-refractivity contribution >= 4 is 0 Å². The monoisotopic (exact) mass is 295 g/mol. The summed E-state index contributed by atoms with van der Waals surface area (Å²) in [7, 11) is 5.10. The van der Waals surface area contributed by atoms with Crippen molar-refractivity contribution in [1.82, 2.24) is 15.3 Å². The third-order valence-electron chi connectivity index (χ3n) is 3.88. The molecule has 2 unspecified atom stereocenters. The minimum Gasteiger partial charge on any atom is -0.480 e. The van der Waals surface area contributed by atoms with E-state index in [1.807, 2.05) is 7.05 Å². The second kappa shape index (κ2) is 8.14. The molecular formula is C15H25N3O3. The Balaban J connectivity index is 2.02. The average molecular weight is 295 g/mol. The lowest BCUT2D eigenvalue weighted by Gasteiger charge is -2.25. The van der Waals surface area contributed by atoms with Crippen LogP contribution in [0.5, 0.6) is 11.8 Å². The lowest BCUT2D eigenvalue weighted by atomic mass is 10.00. The fourth-order valence-electron chi connectivity index (χ4n) is 2.66. The average Bonchev–Trinajstić information content (AvgIpc) is 2.56. The maximum atomic E-state index is 5.79. The van der Waals surface area contributed by atoms with Crippen LogP contribution in [0.15, 0.2) is 6.20 Å². The molecule has 2 atom stereocenters. The first-order valence-electron chi connectivity index (χ1n) is 7.52. The third kappa shape index (κ3) is 4.28. The molecule has 0 bridgehead atoms. The van der Waals surface area contributed by atoms with Gasteiger partial charge < -0.3 is 19.5 Å². The number of ether oxygens (including phenoxy) is 3. The number of rotatable bonds is 7. The van der Waals surface area contributed by atoms with E-state index in [1.54, 1.807) is 20.4 Å². The van der Waals surface area contributed by atoms with Crippen LogP contribution in [-0.2, 0) is 4.74 Å². The standard InChI is InChI=1S/C15H25N3O3/c1-16-12(8-7-11-6-4-5-9-21-11)14-15(20-3)18-13(19-2)10-17-14/h10-12,16H,4-9H2,1-3H3. The minimum absolute atomic E-state index is 0.101. The summed E-state index contributed by atoms with van der Waals surface area (Å²) in [6, 6.07) is 0.101. The molecule has 2 rings (SSSR count). The van der Waals surface area contributed by atoms with Crippen LogP contribution in [-0.4, -0.2) is 43.9 Å². The van der Waals surface area contributed by atoms with E-state index in [4.69, 9.17) is 14.2 Å². The molecule has 1 saturated heterocycles. The lowest BCUT2D eigenvalue weighted by molar-refractivity contribution is 0.00854. The van der Waals surface area contributed by atoms with E-state index in [9.17, 15) is 0 Å². The van der Waals surface area contributed by atoms with Gasteiger partial charge in [-0.3, -0.25) is 0 Å². The molecule has 1 aromatic rings. The first-order valence-corrected chi connectivity index (χ1v) is 7.52. The highest BCUT2D eigenvalue weighted by Crippen LogP contribution is 2.28. The predicted molar refractivity (Wildman–Crippen MR) is 79.8 cm³/mol. The molecule has 0 aromatic carbocycles. The van der Waals surface area contributed by atoms with Crippen molar-refractivity contribution in [3.8, 4) is 11.8 Å². The molecule has 1 N–H and O–H groups in total. The van der Waals surface area contributed by atoms with Gasteiger partial charge in [-0.25, -0.2) is 4.98 Å². The Bertz CT molecular complexity index is 436. The smallest absolute Gasteiger partial charge is 0.240 e. The summed E-state index contributed by atoms with van der Waals surface area (Å²) in [4.78, 5) is 8.73. The summed E-state index contributed by atoms with van der Waals surface area (Å²) in [6.07, 6.45) is 7.55. The summed E-state index contributed by atoms with van der Waals surface area (Å²) in [6.45, 7) is 0.889. The molecule has 6 heteroatoms. The second-order valence-corrected chi connectivity index (χ2v) is 5.21.